The van der Waals surface area contributed by atoms with Gasteiger partial charge in [0, 0.05) is 207 Å². The van der Waals surface area contributed by atoms with Crippen molar-refractivity contribution in [2.45, 2.75) is 322 Å². The highest BCUT2D eigenvalue weighted by Gasteiger charge is 2.13. The van der Waals surface area contributed by atoms with Crippen LogP contribution in [0.2, 0.25) is 0 Å². The number of unbranched alkanes of at least 4 members (excludes halogenated alkanes) is 15. The fourth-order valence-corrected chi connectivity index (χ4v) is 11.5. The van der Waals surface area contributed by atoms with Gasteiger partial charge in [0.05, 0.1) is 0 Å². The molecule has 0 aromatic rings. The molecule has 0 fully saturated rings. The summed E-state index contributed by atoms with van der Waals surface area (Å²) in [5.74, 6) is -0.923. The van der Waals surface area contributed by atoms with Crippen LogP contribution >= 0.6 is 0 Å². The summed E-state index contributed by atoms with van der Waals surface area (Å²) in [6.07, 6.45) is 27.2. The van der Waals surface area contributed by atoms with Crippen LogP contribution in [0.1, 0.15) is 322 Å². The second kappa shape index (κ2) is 78.4. The first-order chi connectivity index (χ1) is 55.2. The molecule has 0 atom stereocenters. The van der Waals surface area contributed by atoms with Crippen LogP contribution < -0.4 is 85.1 Å². The summed E-state index contributed by atoms with van der Waals surface area (Å²) in [5, 5.41) is 46.0. The lowest BCUT2D eigenvalue weighted by molar-refractivity contribution is -0.123. The Hall–Kier alpha value is -8.48. The summed E-state index contributed by atoms with van der Waals surface area (Å²) in [4.78, 5) is 194. The van der Waals surface area contributed by atoms with Crippen molar-refractivity contribution in [3.63, 3.8) is 0 Å². The summed E-state index contributed by atoms with van der Waals surface area (Å²) in [7, 11) is 0. The first kappa shape index (κ1) is 106. The van der Waals surface area contributed by atoms with Crippen LogP contribution in [0.15, 0.2) is 0 Å². The Kier molecular flexibility index (Phi) is 72.6. The van der Waals surface area contributed by atoms with E-state index in [-0.39, 0.29) is 94.5 Å². The molecule has 0 heterocycles. The zero-order chi connectivity index (χ0) is 83.8. The van der Waals surface area contributed by atoms with Gasteiger partial charge in [0.1, 0.15) is 0 Å². The van der Waals surface area contributed by atoms with Crippen molar-refractivity contribution in [1.29, 1.82) is 0 Å². The number of carbonyl (C=O) groups excluding carboxylic acids is 16. The average molecular weight is 1620 g/mol. The first-order valence-electron chi connectivity index (χ1n) is 43.5. The van der Waals surface area contributed by atoms with E-state index < -0.39 is 0 Å². The Morgan fingerprint density at radius 3 is 0.254 bits per heavy atom. The Morgan fingerprint density at radius 1 is 0.114 bits per heavy atom. The number of rotatable bonds is 79. The zero-order valence-corrected chi connectivity index (χ0v) is 69.8. The molecular weight excluding hydrogens is 1460 g/mol. The van der Waals surface area contributed by atoms with Crippen LogP contribution in [-0.4, -0.2) is 199 Å². The highest BCUT2D eigenvalue weighted by atomic mass is 16.2. The second-order valence-electron chi connectivity index (χ2n) is 29.2. The molecule has 0 saturated carbocycles. The second-order valence-corrected chi connectivity index (χ2v) is 29.2. The average Bonchev–Trinajstić information content (AvgIpc) is 1.06. The van der Waals surface area contributed by atoms with E-state index in [1.807, 2.05) is 13.8 Å². The van der Waals surface area contributed by atoms with E-state index in [9.17, 15) is 76.7 Å². The monoisotopic (exact) mass is 1620 g/mol. The van der Waals surface area contributed by atoms with Gasteiger partial charge in [-0.2, -0.15) is 0 Å². The lowest BCUT2D eigenvalue weighted by Crippen LogP contribution is -2.28. The smallest absolute Gasteiger partial charge is 0.219 e. The van der Waals surface area contributed by atoms with Gasteiger partial charge in [0.15, 0.2) is 0 Å². The van der Waals surface area contributed by atoms with E-state index in [2.05, 4.69) is 85.1 Å². The summed E-state index contributed by atoms with van der Waals surface area (Å²) in [6, 6.07) is 0. The largest absolute Gasteiger partial charge is 0.356 e. The third-order valence-electron chi connectivity index (χ3n) is 18.3. The van der Waals surface area contributed by atoms with E-state index >= 15 is 0 Å². The van der Waals surface area contributed by atoms with Crippen LogP contribution in [0.25, 0.3) is 0 Å². The quantitative estimate of drug-likeness (QED) is 0.0329. The number of nitrogens with one attached hydrogen (secondary N) is 16. The number of carbonyl (C=O) groups is 16. The molecule has 0 saturated heterocycles. The highest BCUT2D eigenvalue weighted by molar-refractivity contribution is 5.82. The van der Waals surface area contributed by atoms with Crippen LogP contribution in [0.5, 0.6) is 0 Å². The van der Waals surface area contributed by atoms with E-state index in [0.717, 1.165) is 38.5 Å². The standard InChI is InChI=1S/C82H150N16O16/c1-3-51-83-67(99)35-5-7-37-69(101)85-53-21-23-55-87-71(103)39-9-11-41-73(105)89-57-25-27-59-91-75(107)43-13-15-45-77(109)93-61-29-31-63-95-79(111)47-17-19-49-81(113)97-65-33-34-66-98-82(114)50-20-18-48-80(112)96-64-32-30-62-94-78(110)46-16-14-44-76(108)92-60-28-26-58-90-74(106)42-12-10-40-72(104)88-56-24-22-54-86-70(102)38-8-6-36-68(100)84-52-4-2/h3-66H2,1-2H3,(H,83,99)(H,84,100)(H,85,101)(H,86,102)(H,87,103)(H,88,104)(H,89,105)(H,90,106)(H,91,107)(H,92,108)(H,93,109)(H,94,110)(H,95,111)(H,96,112)(H,97,113)(H,98,114). The Balaban J connectivity index is 3.60. The van der Waals surface area contributed by atoms with Gasteiger partial charge in [0.2, 0.25) is 94.5 Å². The number of hydrogen-bond acceptors (Lipinski definition) is 16. The minimum atomic E-state index is -0.0842. The molecule has 0 spiro atoms. The lowest BCUT2D eigenvalue weighted by Gasteiger charge is -2.08. The van der Waals surface area contributed by atoms with Gasteiger partial charge >= 0.3 is 0 Å². The van der Waals surface area contributed by atoms with Crippen molar-refractivity contribution in [2.75, 3.05) is 105 Å². The minimum Gasteiger partial charge on any atom is -0.356 e. The van der Waals surface area contributed by atoms with E-state index in [4.69, 9.17) is 0 Å². The van der Waals surface area contributed by atoms with Crippen LogP contribution in [0.4, 0.5) is 0 Å². The van der Waals surface area contributed by atoms with Crippen LogP contribution in [0.3, 0.4) is 0 Å². The number of hydrogen-bond donors (Lipinski definition) is 16. The van der Waals surface area contributed by atoms with Crippen LogP contribution in [0, 0.1) is 0 Å². The molecule has 0 aliphatic carbocycles. The van der Waals surface area contributed by atoms with Crippen molar-refractivity contribution in [1.82, 2.24) is 85.1 Å². The maximum Gasteiger partial charge on any atom is 0.219 e. The van der Waals surface area contributed by atoms with Gasteiger partial charge in [0.25, 0.3) is 0 Å². The first-order valence-corrected chi connectivity index (χ1v) is 43.5. The fourth-order valence-electron chi connectivity index (χ4n) is 11.5. The minimum absolute atomic E-state index is 0.0226. The van der Waals surface area contributed by atoms with Gasteiger partial charge in [-0.25, -0.2) is 0 Å². The Morgan fingerprint density at radius 2 is 0.184 bits per heavy atom. The molecule has 114 heavy (non-hydrogen) atoms. The van der Waals surface area contributed by atoms with Crippen molar-refractivity contribution in [3.05, 3.63) is 0 Å². The molecule has 0 aliphatic rings. The third kappa shape index (κ3) is 77.5. The van der Waals surface area contributed by atoms with Gasteiger partial charge in [-0.05, 0) is 205 Å². The summed E-state index contributed by atoms with van der Waals surface area (Å²) in [5.41, 5.74) is 0. The molecule has 654 valence electrons. The maximum absolute atomic E-state index is 12.3. The molecule has 32 heteroatoms. The molecule has 0 rings (SSSR count). The van der Waals surface area contributed by atoms with Gasteiger partial charge in [-0.1, -0.05) is 13.8 Å². The van der Waals surface area contributed by atoms with Gasteiger partial charge in [-0.15, -0.1) is 0 Å². The normalized spacial score (nSPS) is 10.7. The highest BCUT2D eigenvalue weighted by Crippen LogP contribution is 2.08. The molecule has 0 aromatic carbocycles. The van der Waals surface area contributed by atoms with E-state index in [1.54, 1.807) is 0 Å². The van der Waals surface area contributed by atoms with Crippen LogP contribution in [-0.2, 0) is 76.7 Å². The predicted molar refractivity (Wildman–Crippen MR) is 441 cm³/mol. The third-order valence-corrected chi connectivity index (χ3v) is 18.3. The SMILES string of the molecule is CCCNC(=O)CCCCC(=O)NCCCCNC(=O)CCCCC(=O)NCCCCNC(=O)CCCCC(=O)NCCCCNC(=O)CCCCC(=O)NCCCCNC(=O)CCCCC(=O)NCCCCNC(=O)CCCCC(=O)NCCCCNC(=O)CCCCC(=O)NCCCCNC(=O)CCCCC(=O)NCCC. The summed E-state index contributed by atoms with van der Waals surface area (Å²) >= 11 is 0. The van der Waals surface area contributed by atoms with Crippen molar-refractivity contribution in [3.8, 4) is 0 Å². The molecule has 16 N–H and O–H groups in total. The molecule has 0 aliphatic heterocycles. The van der Waals surface area contributed by atoms with Crippen molar-refractivity contribution in [2.24, 2.45) is 0 Å². The number of amides is 16. The van der Waals surface area contributed by atoms with E-state index in [1.165, 1.54) is 0 Å². The maximum atomic E-state index is 12.3. The molecule has 32 nitrogen and oxygen atoms in total. The topological polar surface area (TPSA) is 466 Å². The zero-order valence-electron chi connectivity index (χ0n) is 69.8. The van der Waals surface area contributed by atoms with Gasteiger partial charge in [-0.3, -0.25) is 76.7 Å². The Labute approximate surface area is 680 Å². The Bertz CT molecular complexity index is 2520. The van der Waals surface area contributed by atoms with E-state index in [0.29, 0.717) is 374 Å². The molecule has 0 bridgehead atoms. The van der Waals surface area contributed by atoms with Gasteiger partial charge < -0.3 is 85.1 Å². The van der Waals surface area contributed by atoms with Crippen molar-refractivity contribution >= 4 is 94.5 Å². The predicted octanol–water partition coefficient (Wildman–Crippen LogP) is 5.61. The molecule has 0 aromatic heterocycles. The molecule has 0 radical (unpaired) electrons. The molecule has 16 amide bonds. The lowest BCUT2D eigenvalue weighted by atomic mass is 10.1. The molecular formula is C82H150N16O16. The fraction of sp³-hybridized carbons (Fsp3) is 0.805. The summed E-state index contributed by atoms with van der Waals surface area (Å²) < 4.78 is 0. The van der Waals surface area contributed by atoms with Crippen molar-refractivity contribution < 1.29 is 76.7 Å². The molecule has 0 unspecified atom stereocenters. The summed E-state index contributed by atoms with van der Waals surface area (Å²) in [6.45, 7) is 12.4.